The molecule has 0 saturated heterocycles. The van der Waals surface area contributed by atoms with E-state index in [1.165, 1.54) is 4.90 Å². The van der Waals surface area contributed by atoms with Crippen molar-refractivity contribution < 1.29 is 19.1 Å². The van der Waals surface area contributed by atoms with Gasteiger partial charge in [-0.1, -0.05) is 48.9 Å². The van der Waals surface area contributed by atoms with E-state index < -0.39 is 11.8 Å². The third-order valence-electron chi connectivity index (χ3n) is 5.31. The molecule has 6 nitrogen and oxygen atoms in total. The maximum Gasteiger partial charge on any atom is 0.282 e. The van der Waals surface area contributed by atoms with Crippen LogP contribution in [-0.4, -0.2) is 25.5 Å². The molecule has 0 unspecified atom stereocenters. The highest BCUT2D eigenvalue weighted by Crippen LogP contribution is 2.35. The second kappa shape index (κ2) is 9.61. The number of nitrogens with one attached hydrogen (secondary N) is 1. The lowest BCUT2D eigenvalue weighted by atomic mass is 10.0. The quantitative estimate of drug-likeness (QED) is 0.487. The van der Waals surface area contributed by atoms with Crippen LogP contribution in [0.1, 0.15) is 24.5 Å². The van der Waals surface area contributed by atoms with E-state index in [0.717, 1.165) is 12.0 Å². The number of hydrogen-bond donors (Lipinski definition) is 1. The number of amides is 2. The number of methoxy groups -OCH3 is 1. The number of carbonyl (C=O) groups is 2. The SMILES string of the molecule is CCCOc1cccc(NC2=C(c3ccc(C)cc3)C(=O)N(c3cccc(OC)c3)C2=O)c1. The van der Waals surface area contributed by atoms with E-state index in [-0.39, 0.29) is 5.70 Å². The zero-order valence-electron chi connectivity index (χ0n) is 18.9. The molecule has 6 heteroatoms. The van der Waals surface area contributed by atoms with Crippen molar-refractivity contribution in [3.05, 3.63) is 89.6 Å². The van der Waals surface area contributed by atoms with E-state index >= 15 is 0 Å². The number of hydrogen-bond acceptors (Lipinski definition) is 5. The molecular formula is C27H26N2O4. The first-order valence-corrected chi connectivity index (χ1v) is 10.9. The van der Waals surface area contributed by atoms with Crippen molar-refractivity contribution in [1.82, 2.24) is 0 Å². The number of nitrogens with zero attached hydrogens (tertiary/aromatic N) is 1. The van der Waals surface area contributed by atoms with E-state index in [1.807, 2.05) is 62.4 Å². The Hall–Kier alpha value is -4.06. The van der Waals surface area contributed by atoms with Crippen LogP contribution >= 0.6 is 0 Å². The zero-order chi connectivity index (χ0) is 23.4. The Morgan fingerprint density at radius 3 is 2.33 bits per heavy atom. The average Bonchev–Trinajstić information content (AvgIpc) is 3.07. The van der Waals surface area contributed by atoms with Gasteiger partial charge in [0, 0.05) is 17.8 Å². The molecule has 0 radical (unpaired) electrons. The Balaban J connectivity index is 1.76. The van der Waals surface area contributed by atoms with Crippen LogP contribution in [-0.2, 0) is 9.59 Å². The predicted octanol–water partition coefficient (Wildman–Crippen LogP) is 5.19. The first-order valence-electron chi connectivity index (χ1n) is 10.9. The number of rotatable bonds is 8. The molecule has 0 spiro atoms. The third-order valence-corrected chi connectivity index (χ3v) is 5.31. The lowest BCUT2D eigenvalue weighted by molar-refractivity contribution is -0.120. The second-order valence-corrected chi connectivity index (χ2v) is 7.76. The van der Waals surface area contributed by atoms with E-state index in [2.05, 4.69) is 5.32 Å². The van der Waals surface area contributed by atoms with Gasteiger partial charge in [0.2, 0.25) is 0 Å². The number of benzene rings is 3. The number of ether oxygens (including phenoxy) is 2. The Kier molecular flexibility index (Phi) is 6.45. The van der Waals surface area contributed by atoms with Crippen molar-refractivity contribution in [2.75, 3.05) is 23.9 Å². The standard InChI is InChI=1S/C27H26N2O4/c1-4-15-33-23-10-5-7-20(16-23)28-25-24(19-13-11-18(2)12-14-19)26(30)29(27(25)31)21-8-6-9-22(17-21)32-3/h5-14,16-17,28H,4,15H2,1-3H3. The van der Waals surface area contributed by atoms with Gasteiger partial charge < -0.3 is 14.8 Å². The van der Waals surface area contributed by atoms with Gasteiger partial charge >= 0.3 is 0 Å². The van der Waals surface area contributed by atoms with Crippen LogP contribution in [0.3, 0.4) is 0 Å². The molecule has 4 rings (SSSR count). The van der Waals surface area contributed by atoms with Crippen LogP contribution in [0.25, 0.3) is 5.57 Å². The Bertz CT molecular complexity index is 1210. The molecule has 0 saturated carbocycles. The summed E-state index contributed by atoms with van der Waals surface area (Å²) in [5.74, 6) is 0.439. The Morgan fingerprint density at radius 2 is 1.61 bits per heavy atom. The molecule has 33 heavy (non-hydrogen) atoms. The fraction of sp³-hybridized carbons (Fsp3) is 0.185. The van der Waals surface area contributed by atoms with Gasteiger partial charge in [-0.25, -0.2) is 4.90 Å². The maximum absolute atomic E-state index is 13.6. The summed E-state index contributed by atoms with van der Waals surface area (Å²) in [5.41, 5.74) is 3.39. The highest BCUT2D eigenvalue weighted by Gasteiger charge is 2.40. The van der Waals surface area contributed by atoms with E-state index in [0.29, 0.717) is 40.6 Å². The van der Waals surface area contributed by atoms with Crippen molar-refractivity contribution in [3.63, 3.8) is 0 Å². The molecule has 1 aliphatic heterocycles. The van der Waals surface area contributed by atoms with Crippen LogP contribution in [0, 0.1) is 6.92 Å². The highest BCUT2D eigenvalue weighted by atomic mass is 16.5. The zero-order valence-corrected chi connectivity index (χ0v) is 18.9. The van der Waals surface area contributed by atoms with E-state index in [9.17, 15) is 9.59 Å². The minimum atomic E-state index is -0.427. The van der Waals surface area contributed by atoms with E-state index in [4.69, 9.17) is 9.47 Å². The highest BCUT2D eigenvalue weighted by molar-refractivity contribution is 6.46. The lowest BCUT2D eigenvalue weighted by Crippen LogP contribution is -2.32. The predicted molar refractivity (Wildman–Crippen MR) is 129 cm³/mol. The van der Waals surface area contributed by atoms with Crippen molar-refractivity contribution in [2.45, 2.75) is 20.3 Å². The molecule has 1 N–H and O–H groups in total. The molecule has 0 fully saturated rings. The third kappa shape index (κ3) is 4.60. The van der Waals surface area contributed by atoms with Crippen LogP contribution < -0.4 is 19.7 Å². The molecule has 0 bridgehead atoms. The van der Waals surface area contributed by atoms with Crippen LogP contribution in [0.4, 0.5) is 11.4 Å². The minimum Gasteiger partial charge on any atom is -0.497 e. The summed E-state index contributed by atoms with van der Waals surface area (Å²) in [7, 11) is 1.54. The molecule has 0 atom stereocenters. The largest absolute Gasteiger partial charge is 0.497 e. The molecular weight excluding hydrogens is 416 g/mol. The van der Waals surface area contributed by atoms with Crippen molar-refractivity contribution in [3.8, 4) is 11.5 Å². The van der Waals surface area contributed by atoms with Gasteiger partial charge in [-0.15, -0.1) is 0 Å². The van der Waals surface area contributed by atoms with Crippen molar-refractivity contribution >= 4 is 28.8 Å². The summed E-state index contributed by atoms with van der Waals surface area (Å²) < 4.78 is 11.0. The van der Waals surface area contributed by atoms with Gasteiger partial charge in [0.05, 0.1) is 25.0 Å². The minimum absolute atomic E-state index is 0.222. The number of anilines is 2. The maximum atomic E-state index is 13.6. The lowest BCUT2D eigenvalue weighted by Gasteiger charge is -2.16. The number of carbonyl (C=O) groups excluding carboxylic acids is 2. The van der Waals surface area contributed by atoms with Crippen molar-refractivity contribution in [1.29, 1.82) is 0 Å². The van der Waals surface area contributed by atoms with Crippen LogP contribution in [0.2, 0.25) is 0 Å². The molecule has 2 amide bonds. The second-order valence-electron chi connectivity index (χ2n) is 7.76. The number of imide groups is 1. The first-order chi connectivity index (χ1) is 16.0. The fourth-order valence-electron chi connectivity index (χ4n) is 3.65. The monoisotopic (exact) mass is 442 g/mol. The summed E-state index contributed by atoms with van der Waals surface area (Å²) in [5, 5.41) is 3.19. The van der Waals surface area contributed by atoms with Gasteiger partial charge in [0.25, 0.3) is 11.8 Å². The van der Waals surface area contributed by atoms with Gasteiger partial charge in [-0.3, -0.25) is 9.59 Å². The topological polar surface area (TPSA) is 67.9 Å². The van der Waals surface area contributed by atoms with Gasteiger partial charge in [-0.2, -0.15) is 0 Å². The molecule has 0 aromatic heterocycles. The smallest absolute Gasteiger partial charge is 0.282 e. The average molecular weight is 443 g/mol. The van der Waals surface area contributed by atoms with Gasteiger partial charge in [-0.05, 0) is 43.2 Å². The molecule has 3 aromatic rings. The molecule has 0 aliphatic carbocycles. The summed E-state index contributed by atoms with van der Waals surface area (Å²) >= 11 is 0. The molecule has 168 valence electrons. The molecule has 1 heterocycles. The van der Waals surface area contributed by atoms with Crippen LogP contribution in [0.15, 0.2) is 78.5 Å². The number of aryl methyl sites for hydroxylation is 1. The molecule has 1 aliphatic rings. The van der Waals surface area contributed by atoms with Crippen molar-refractivity contribution in [2.24, 2.45) is 0 Å². The Labute approximate surface area is 193 Å². The molecule has 3 aromatic carbocycles. The summed E-state index contributed by atoms with van der Waals surface area (Å²) in [6.07, 6.45) is 0.892. The summed E-state index contributed by atoms with van der Waals surface area (Å²) in [6, 6.07) is 21.8. The summed E-state index contributed by atoms with van der Waals surface area (Å²) in [6.45, 7) is 4.61. The van der Waals surface area contributed by atoms with E-state index in [1.54, 1.807) is 31.4 Å². The first kappa shape index (κ1) is 22.1. The van der Waals surface area contributed by atoms with Gasteiger partial charge in [0.1, 0.15) is 17.2 Å². The summed E-state index contributed by atoms with van der Waals surface area (Å²) in [4.78, 5) is 28.3. The van der Waals surface area contributed by atoms with Gasteiger partial charge in [0.15, 0.2) is 0 Å². The Morgan fingerprint density at radius 1 is 0.879 bits per heavy atom. The van der Waals surface area contributed by atoms with Crippen LogP contribution in [0.5, 0.6) is 11.5 Å². The fourth-order valence-corrected chi connectivity index (χ4v) is 3.65. The normalized spacial score (nSPS) is 13.5.